The van der Waals surface area contributed by atoms with Crippen LogP contribution < -0.4 is 0 Å². The number of thiophene rings is 1. The summed E-state index contributed by atoms with van der Waals surface area (Å²) in [4.78, 5) is 12.9. The normalized spacial score (nSPS) is 10.7. The van der Waals surface area contributed by atoms with Crippen molar-refractivity contribution in [3.05, 3.63) is 59.0 Å². The Bertz CT molecular complexity index is 772. The van der Waals surface area contributed by atoms with Crippen molar-refractivity contribution in [2.24, 2.45) is 0 Å². The van der Waals surface area contributed by atoms with E-state index < -0.39 is 0 Å². The summed E-state index contributed by atoms with van der Waals surface area (Å²) >= 11 is 1.71. The largest absolute Gasteiger partial charge is 0.465 e. The standard InChI is InChI=1S/C17H14O2S/c1-11-16(12-6-4-3-5-7-12)14-9-8-13(17(18)19-2)10-15(14)20-11/h3-10H,1-2H3. The summed E-state index contributed by atoms with van der Waals surface area (Å²) in [5, 5.41) is 1.19. The Kier molecular flexibility index (Phi) is 3.28. The summed E-state index contributed by atoms with van der Waals surface area (Å²) in [5.41, 5.74) is 3.06. The summed E-state index contributed by atoms with van der Waals surface area (Å²) in [6.45, 7) is 2.12. The molecule has 3 rings (SSSR count). The Morgan fingerprint density at radius 2 is 1.85 bits per heavy atom. The van der Waals surface area contributed by atoms with Gasteiger partial charge in [-0.15, -0.1) is 11.3 Å². The number of carbonyl (C=O) groups is 1. The highest BCUT2D eigenvalue weighted by Gasteiger charge is 2.13. The van der Waals surface area contributed by atoms with Crippen LogP contribution in [-0.4, -0.2) is 13.1 Å². The molecule has 0 bridgehead atoms. The Morgan fingerprint density at radius 3 is 2.55 bits per heavy atom. The van der Waals surface area contributed by atoms with Crippen molar-refractivity contribution in [2.75, 3.05) is 7.11 Å². The zero-order valence-electron chi connectivity index (χ0n) is 11.3. The number of rotatable bonds is 2. The highest BCUT2D eigenvalue weighted by Crippen LogP contribution is 2.38. The lowest BCUT2D eigenvalue weighted by Gasteiger charge is -2.02. The molecule has 3 aromatic rings. The van der Waals surface area contributed by atoms with Gasteiger partial charge in [-0.1, -0.05) is 36.4 Å². The van der Waals surface area contributed by atoms with Crippen molar-refractivity contribution >= 4 is 27.4 Å². The molecule has 0 radical (unpaired) electrons. The molecule has 2 nitrogen and oxygen atoms in total. The second-order valence-corrected chi connectivity index (χ2v) is 5.86. The number of ether oxygens (including phenoxy) is 1. The first-order valence-corrected chi connectivity index (χ1v) is 7.19. The fraction of sp³-hybridized carbons (Fsp3) is 0.118. The molecule has 3 heteroatoms. The quantitative estimate of drug-likeness (QED) is 0.639. The molecule has 0 N–H and O–H groups in total. The highest BCUT2D eigenvalue weighted by molar-refractivity contribution is 7.19. The smallest absolute Gasteiger partial charge is 0.337 e. The summed E-state index contributed by atoms with van der Waals surface area (Å²) in [6, 6.07) is 16.1. The van der Waals surface area contributed by atoms with E-state index >= 15 is 0 Å². The zero-order chi connectivity index (χ0) is 14.1. The van der Waals surface area contributed by atoms with E-state index in [0.29, 0.717) is 5.56 Å². The van der Waals surface area contributed by atoms with Gasteiger partial charge in [0.15, 0.2) is 0 Å². The predicted molar refractivity (Wildman–Crippen MR) is 83.3 cm³/mol. The zero-order valence-corrected chi connectivity index (χ0v) is 12.2. The number of carbonyl (C=O) groups excluding carboxylic acids is 1. The molecular weight excluding hydrogens is 268 g/mol. The number of fused-ring (bicyclic) bond motifs is 1. The number of hydrogen-bond donors (Lipinski definition) is 0. The van der Waals surface area contributed by atoms with E-state index in [9.17, 15) is 4.79 Å². The molecule has 0 unspecified atom stereocenters. The van der Waals surface area contributed by atoms with Crippen molar-refractivity contribution in [1.29, 1.82) is 0 Å². The van der Waals surface area contributed by atoms with Gasteiger partial charge in [-0.25, -0.2) is 4.79 Å². The molecule has 0 fully saturated rings. The minimum absolute atomic E-state index is 0.292. The van der Waals surface area contributed by atoms with Gasteiger partial charge in [-0.3, -0.25) is 0 Å². The molecule has 0 aliphatic rings. The highest BCUT2D eigenvalue weighted by atomic mass is 32.1. The predicted octanol–water partition coefficient (Wildman–Crippen LogP) is 4.66. The third kappa shape index (κ3) is 2.10. The van der Waals surface area contributed by atoms with Gasteiger partial charge in [0.05, 0.1) is 12.7 Å². The Morgan fingerprint density at radius 1 is 1.10 bits per heavy atom. The number of methoxy groups -OCH3 is 1. The van der Waals surface area contributed by atoms with Gasteiger partial charge in [0.25, 0.3) is 0 Å². The first kappa shape index (κ1) is 12.9. The summed E-state index contributed by atoms with van der Waals surface area (Å²) < 4.78 is 5.89. The molecular formula is C17H14O2S. The number of benzene rings is 2. The van der Waals surface area contributed by atoms with Crippen LogP contribution in [-0.2, 0) is 4.74 Å². The number of esters is 1. The molecule has 0 saturated heterocycles. The van der Waals surface area contributed by atoms with Gasteiger partial charge in [-0.2, -0.15) is 0 Å². The maximum atomic E-state index is 11.6. The molecule has 0 aliphatic carbocycles. The number of hydrogen-bond acceptors (Lipinski definition) is 3. The third-order valence-corrected chi connectivity index (χ3v) is 4.42. The van der Waals surface area contributed by atoms with Crippen LogP contribution in [0, 0.1) is 6.92 Å². The minimum atomic E-state index is -0.292. The van der Waals surface area contributed by atoms with Crippen molar-refractivity contribution in [3.8, 4) is 11.1 Å². The van der Waals surface area contributed by atoms with Gasteiger partial charge in [0.1, 0.15) is 0 Å². The topological polar surface area (TPSA) is 26.3 Å². The first-order valence-electron chi connectivity index (χ1n) is 6.37. The van der Waals surface area contributed by atoms with Crippen LogP contribution in [0.3, 0.4) is 0 Å². The summed E-state index contributed by atoms with van der Waals surface area (Å²) in [5.74, 6) is -0.292. The molecule has 100 valence electrons. The van der Waals surface area contributed by atoms with Gasteiger partial charge in [0, 0.05) is 20.5 Å². The van der Waals surface area contributed by atoms with E-state index in [1.165, 1.54) is 28.5 Å². The average molecular weight is 282 g/mol. The molecule has 1 heterocycles. The van der Waals surface area contributed by atoms with Crippen LogP contribution in [0.2, 0.25) is 0 Å². The Labute approximate surface area is 121 Å². The summed E-state index contributed by atoms with van der Waals surface area (Å²) in [6.07, 6.45) is 0. The van der Waals surface area contributed by atoms with E-state index in [1.807, 2.05) is 36.4 Å². The lowest BCUT2D eigenvalue weighted by Crippen LogP contribution is -1.99. The van der Waals surface area contributed by atoms with Crippen molar-refractivity contribution < 1.29 is 9.53 Å². The van der Waals surface area contributed by atoms with E-state index in [-0.39, 0.29) is 5.97 Å². The van der Waals surface area contributed by atoms with Gasteiger partial charge >= 0.3 is 5.97 Å². The van der Waals surface area contributed by atoms with Crippen LogP contribution in [0.25, 0.3) is 21.2 Å². The lowest BCUT2D eigenvalue weighted by atomic mass is 10.0. The molecule has 0 spiro atoms. The van der Waals surface area contributed by atoms with Crippen molar-refractivity contribution in [1.82, 2.24) is 0 Å². The van der Waals surface area contributed by atoms with E-state index in [4.69, 9.17) is 4.74 Å². The molecule has 0 amide bonds. The maximum Gasteiger partial charge on any atom is 0.337 e. The van der Waals surface area contributed by atoms with Crippen molar-refractivity contribution in [2.45, 2.75) is 6.92 Å². The van der Waals surface area contributed by atoms with Crippen LogP contribution >= 0.6 is 11.3 Å². The monoisotopic (exact) mass is 282 g/mol. The molecule has 0 atom stereocenters. The van der Waals surface area contributed by atoms with Gasteiger partial charge < -0.3 is 4.74 Å². The third-order valence-electron chi connectivity index (χ3n) is 3.35. The molecule has 2 aromatic carbocycles. The molecule has 0 aliphatic heterocycles. The second-order valence-electron chi connectivity index (χ2n) is 4.60. The lowest BCUT2D eigenvalue weighted by molar-refractivity contribution is 0.0601. The van der Waals surface area contributed by atoms with E-state index in [1.54, 1.807) is 11.3 Å². The molecule has 0 saturated carbocycles. The maximum absolute atomic E-state index is 11.6. The van der Waals surface area contributed by atoms with E-state index in [0.717, 1.165) is 4.70 Å². The van der Waals surface area contributed by atoms with Crippen molar-refractivity contribution in [3.63, 3.8) is 0 Å². The minimum Gasteiger partial charge on any atom is -0.465 e. The SMILES string of the molecule is COC(=O)c1ccc2c(-c3ccccc3)c(C)sc2c1. The van der Waals surface area contributed by atoms with E-state index in [2.05, 4.69) is 19.1 Å². The summed E-state index contributed by atoms with van der Waals surface area (Å²) in [7, 11) is 1.40. The van der Waals surface area contributed by atoms with Crippen LogP contribution in [0.15, 0.2) is 48.5 Å². The average Bonchev–Trinajstić information content (AvgIpc) is 2.82. The fourth-order valence-electron chi connectivity index (χ4n) is 2.43. The second kappa shape index (κ2) is 5.10. The Hall–Kier alpha value is -2.13. The molecule has 20 heavy (non-hydrogen) atoms. The van der Waals surface area contributed by atoms with Crippen LogP contribution in [0.5, 0.6) is 0 Å². The number of aryl methyl sites for hydroxylation is 1. The molecule has 1 aromatic heterocycles. The van der Waals surface area contributed by atoms with Crippen LogP contribution in [0.1, 0.15) is 15.2 Å². The van der Waals surface area contributed by atoms with Gasteiger partial charge in [0.2, 0.25) is 0 Å². The van der Waals surface area contributed by atoms with Crippen LogP contribution in [0.4, 0.5) is 0 Å². The fourth-order valence-corrected chi connectivity index (χ4v) is 3.55. The Balaban J connectivity index is 2.20. The van der Waals surface area contributed by atoms with Gasteiger partial charge in [-0.05, 0) is 24.6 Å². The first-order chi connectivity index (χ1) is 9.70.